The molecule has 1 saturated heterocycles. The zero-order valence-electron chi connectivity index (χ0n) is 14.9. The minimum absolute atomic E-state index is 0.0397. The molecule has 1 N–H and O–H groups in total. The monoisotopic (exact) mass is 338 g/mol. The summed E-state index contributed by atoms with van der Waals surface area (Å²) in [5, 5.41) is 2.81. The van der Waals surface area contributed by atoms with Crippen molar-refractivity contribution >= 4 is 6.09 Å². The average Bonchev–Trinajstić information content (AvgIpc) is 2.60. The maximum Gasteiger partial charge on any atom is 0.407 e. The second kappa shape index (κ2) is 8.17. The summed E-state index contributed by atoms with van der Waals surface area (Å²) in [6, 6.07) is 21.2. The number of hydrogen-bond donors (Lipinski definition) is 1. The predicted octanol–water partition coefficient (Wildman–Crippen LogP) is 3.84. The van der Waals surface area contributed by atoms with E-state index in [1.165, 1.54) is 11.1 Å². The standard InChI is InChI=1S/C21H26N2O2/c1-16(2)13-22-21(24)25-19-14-23(15-19)20(17-9-5-3-6-10-17)18-11-7-4-8-12-18/h3-12,16,19-20H,13-15H2,1-2H3,(H,22,24). The number of carbonyl (C=O) groups is 1. The predicted molar refractivity (Wildman–Crippen MR) is 99.4 cm³/mol. The summed E-state index contributed by atoms with van der Waals surface area (Å²) in [7, 11) is 0. The van der Waals surface area contributed by atoms with Gasteiger partial charge in [-0.05, 0) is 17.0 Å². The highest BCUT2D eigenvalue weighted by molar-refractivity contribution is 5.67. The molecule has 3 rings (SSSR count). The van der Waals surface area contributed by atoms with Crippen LogP contribution in [0, 0.1) is 5.92 Å². The molecule has 1 heterocycles. The number of hydrogen-bond acceptors (Lipinski definition) is 3. The number of alkyl carbamates (subject to hydrolysis) is 1. The van der Waals surface area contributed by atoms with Crippen molar-refractivity contribution in [2.45, 2.75) is 26.0 Å². The first kappa shape index (κ1) is 17.5. The van der Waals surface area contributed by atoms with Gasteiger partial charge in [-0.3, -0.25) is 4.90 Å². The van der Waals surface area contributed by atoms with E-state index in [1.54, 1.807) is 0 Å². The average molecular weight is 338 g/mol. The van der Waals surface area contributed by atoms with Crippen LogP contribution in [0.5, 0.6) is 0 Å². The van der Waals surface area contributed by atoms with Crippen molar-refractivity contribution in [3.63, 3.8) is 0 Å². The van der Waals surface area contributed by atoms with Crippen LogP contribution in [-0.2, 0) is 4.74 Å². The van der Waals surface area contributed by atoms with E-state index in [4.69, 9.17) is 4.74 Å². The highest BCUT2D eigenvalue weighted by atomic mass is 16.6. The van der Waals surface area contributed by atoms with Crippen LogP contribution < -0.4 is 5.32 Å². The molecule has 4 heteroatoms. The topological polar surface area (TPSA) is 41.6 Å². The lowest BCUT2D eigenvalue weighted by molar-refractivity contribution is -0.0281. The van der Waals surface area contributed by atoms with Crippen LogP contribution in [0.1, 0.15) is 31.0 Å². The van der Waals surface area contributed by atoms with E-state index >= 15 is 0 Å². The second-order valence-corrected chi connectivity index (χ2v) is 6.98. The molecule has 0 aromatic heterocycles. The molecule has 0 radical (unpaired) electrons. The minimum Gasteiger partial charge on any atom is -0.444 e. The van der Waals surface area contributed by atoms with E-state index < -0.39 is 0 Å². The van der Waals surface area contributed by atoms with Gasteiger partial charge < -0.3 is 10.1 Å². The number of rotatable bonds is 6. The van der Waals surface area contributed by atoms with Gasteiger partial charge in [0.2, 0.25) is 0 Å². The van der Waals surface area contributed by atoms with Crippen LogP contribution in [0.15, 0.2) is 60.7 Å². The van der Waals surface area contributed by atoms with Crippen molar-refractivity contribution in [1.82, 2.24) is 10.2 Å². The largest absolute Gasteiger partial charge is 0.444 e. The molecule has 0 bridgehead atoms. The molecule has 1 amide bonds. The number of ether oxygens (including phenoxy) is 1. The van der Waals surface area contributed by atoms with Gasteiger partial charge >= 0.3 is 6.09 Å². The number of nitrogens with zero attached hydrogens (tertiary/aromatic N) is 1. The Labute approximate surface area is 149 Å². The SMILES string of the molecule is CC(C)CNC(=O)OC1CN(C(c2ccccc2)c2ccccc2)C1. The summed E-state index contributed by atoms with van der Waals surface area (Å²) < 4.78 is 5.50. The minimum atomic E-state index is -0.311. The van der Waals surface area contributed by atoms with Crippen molar-refractivity contribution in [1.29, 1.82) is 0 Å². The lowest BCUT2D eigenvalue weighted by Crippen LogP contribution is -2.55. The summed E-state index contributed by atoms with van der Waals surface area (Å²) in [6.45, 7) is 6.28. The molecule has 0 atom stereocenters. The van der Waals surface area contributed by atoms with Gasteiger partial charge in [0.15, 0.2) is 0 Å². The van der Waals surface area contributed by atoms with E-state index in [0.29, 0.717) is 12.5 Å². The lowest BCUT2D eigenvalue weighted by Gasteiger charge is -2.43. The van der Waals surface area contributed by atoms with Gasteiger partial charge in [0.1, 0.15) is 6.10 Å². The van der Waals surface area contributed by atoms with E-state index in [9.17, 15) is 4.79 Å². The first-order chi connectivity index (χ1) is 12.1. The lowest BCUT2D eigenvalue weighted by atomic mass is 9.94. The highest BCUT2D eigenvalue weighted by Crippen LogP contribution is 2.32. The second-order valence-electron chi connectivity index (χ2n) is 6.98. The van der Waals surface area contributed by atoms with Gasteiger partial charge in [-0.2, -0.15) is 0 Å². The van der Waals surface area contributed by atoms with Gasteiger partial charge in [-0.1, -0.05) is 74.5 Å². The number of benzene rings is 2. The molecule has 0 saturated carbocycles. The van der Waals surface area contributed by atoms with Crippen molar-refractivity contribution in [3.05, 3.63) is 71.8 Å². The van der Waals surface area contributed by atoms with Gasteiger partial charge in [-0.15, -0.1) is 0 Å². The van der Waals surface area contributed by atoms with Crippen LogP contribution in [0.4, 0.5) is 4.79 Å². The zero-order chi connectivity index (χ0) is 17.6. The Balaban J connectivity index is 1.62. The zero-order valence-corrected chi connectivity index (χ0v) is 14.9. The summed E-state index contributed by atoms with van der Waals surface area (Å²) in [4.78, 5) is 14.2. The molecule has 2 aromatic carbocycles. The number of carbonyl (C=O) groups excluding carboxylic acids is 1. The van der Waals surface area contributed by atoms with E-state index in [1.807, 2.05) is 12.1 Å². The molecule has 4 nitrogen and oxygen atoms in total. The Hall–Kier alpha value is -2.33. The van der Waals surface area contributed by atoms with Crippen LogP contribution in [0.3, 0.4) is 0 Å². The third kappa shape index (κ3) is 4.60. The van der Waals surface area contributed by atoms with Gasteiger partial charge in [-0.25, -0.2) is 4.79 Å². The van der Waals surface area contributed by atoms with Crippen LogP contribution in [0.2, 0.25) is 0 Å². The Morgan fingerprint density at radius 3 is 2.04 bits per heavy atom. The summed E-state index contributed by atoms with van der Waals surface area (Å²) >= 11 is 0. The van der Waals surface area contributed by atoms with Gasteiger partial charge in [0.05, 0.1) is 6.04 Å². The van der Waals surface area contributed by atoms with Crippen LogP contribution >= 0.6 is 0 Å². The first-order valence-corrected chi connectivity index (χ1v) is 8.92. The molecular formula is C21H26N2O2. The van der Waals surface area contributed by atoms with Crippen molar-refractivity contribution in [3.8, 4) is 0 Å². The van der Waals surface area contributed by atoms with E-state index in [0.717, 1.165) is 13.1 Å². The fraction of sp³-hybridized carbons (Fsp3) is 0.381. The number of nitrogens with one attached hydrogen (secondary N) is 1. The molecule has 2 aromatic rings. The molecule has 1 fully saturated rings. The number of likely N-dealkylation sites (tertiary alicyclic amines) is 1. The van der Waals surface area contributed by atoms with E-state index in [-0.39, 0.29) is 18.2 Å². The molecule has 25 heavy (non-hydrogen) atoms. The Bertz CT molecular complexity index is 627. The maximum atomic E-state index is 11.8. The first-order valence-electron chi connectivity index (χ1n) is 8.92. The molecule has 132 valence electrons. The third-order valence-electron chi connectivity index (χ3n) is 4.40. The molecule has 0 unspecified atom stereocenters. The summed E-state index contributed by atoms with van der Waals surface area (Å²) in [6.07, 6.45) is -0.351. The Morgan fingerprint density at radius 2 is 1.56 bits per heavy atom. The quantitative estimate of drug-likeness (QED) is 0.870. The normalized spacial score (nSPS) is 15.2. The van der Waals surface area contributed by atoms with Crippen LogP contribution in [-0.4, -0.2) is 36.7 Å². The maximum absolute atomic E-state index is 11.8. The fourth-order valence-corrected chi connectivity index (χ4v) is 3.12. The smallest absolute Gasteiger partial charge is 0.407 e. The van der Waals surface area contributed by atoms with E-state index in [2.05, 4.69) is 72.6 Å². The van der Waals surface area contributed by atoms with Crippen molar-refractivity contribution in [2.75, 3.05) is 19.6 Å². The molecule has 0 spiro atoms. The fourth-order valence-electron chi connectivity index (χ4n) is 3.12. The number of amides is 1. The molecular weight excluding hydrogens is 312 g/mol. The summed E-state index contributed by atoms with van der Waals surface area (Å²) in [5.74, 6) is 0.422. The Morgan fingerprint density at radius 1 is 1.04 bits per heavy atom. The molecule has 1 aliphatic heterocycles. The van der Waals surface area contributed by atoms with Crippen molar-refractivity contribution < 1.29 is 9.53 Å². The van der Waals surface area contributed by atoms with Gasteiger partial charge in [0, 0.05) is 19.6 Å². The molecule has 0 aliphatic carbocycles. The van der Waals surface area contributed by atoms with Gasteiger partial charge in [0.25, 0.3) is 0 Å². The van der Waals surface area contributed by atoms with Crippen molar-refractivity contribution in [2.24, 2.45) is 5.92 Å². The third-order valence-corrected chi connectivity index (χ3v) is 4.40. The highest BCUT2D eigenvalue weighted by Gasteiger charge is 2.36. The molecule has 1 aliphatic rings. The van der Waals surface area contributed by atoms with Crippen LogP contribution in [0.25, 0.3) is 0 Å². The Kier molecular flexibility index (Phi) is 5.71. The summed E-state index contributed by atoms with van der Waals surface area (Å²) in [5.41, 5.74) is 2.52.